The lowest BCUT2D eigenvalue weighted by molar-refractivity contribution is 1.18. The maximum atomic E-state index is 2.41. The Hall–Kier alpha value is -6.38. The van der Waals surface area contributed by atoms with Gasteiger partial charge in [-0.3, -0.25) is 0 Å². The van der Waals surface area contributed by atoms with E-state index in [4.69, 9.17) is 0 Å². The molecule has 0 aliphatic carbocycles. The Morgan fingerprint density at radius 3 is 1.58 bits per heavy atom. The van der Waals surface area contributed by atoms with E-state index in [1.807, 2.05) is 0 Å². The summed E-state index contributed by atoms with van der Waals surface area (Å²) in [5.41, 5.74) is 12.1. The van der Waals surface area contributed by atoms with Gasteiger partial charge in [-0.05, 0) is 87.6 Å². The quantitative estimate of drug-likeness (QED) is 0.188. The number of para-hydroxylation sites is 3. The predicted octanol–water partition coefficient (Wildman–Crippen LogP) is 12.4. The Labute approximate surface area is 278 Å². The summed E-state index contributed by atoms with van der Waals surface area (Å²) in [4.78, 5) is 0. The lowest BCUT2D eigenvalue weighted by Crippen LogP contribution is -1.94. The van der Waals surface area contributed by atoms with Crippen LogP contribution in [0.2, 0.25) is 0 Å². The average Bonchev–Trinajstić information content (AvgIpc) is 3.68. The van der Waals surface area contributed by atoms with Crippen LogP contribution in [0.5, 0.6) is 0 Å². The van der Waals surface area contributed by atoms with Crippen LogP contribution >= 0.6 is 0 Å². The molecular weight excluding hydrogens is 581 g/mol. The Morgan fingerprint density at radius 2 is 0.792 bits per heavy atom. The third-order valence-electron chi connectivity index (χ3n) is 9.91. The van der Waals surface area contributed by atoms with Crippen molar-refractivity contribution in [1.82, 2.24) is 9.13 Å². The second kappa shape index (κ2) is 10.6. The van der Waals surface area contributed by atoms with Crippen molar-refractivity contribution < 1.29 is 0 Å². The van der Waals surface area contributed by atoms with Crippen molar-refractivity contribution in [2.45, 2.75) is 0 Å². The van der Waals surface area contributed by atoms with Crippen molar-refractivity contribution in [3.63, 3.8) is 0 Å². The minimum Gasteiger partial charge on any atom is -0.309 e. The smallest absolute Gasteiger partial charge is 0.0547 e. The minimum absolute atomic E-state index is 1.16. The van der Waals surface area contributed by atoms with E-state index in [2.05, 4.69) is 191 Å². The molecule has 0 fully saturated rings. The lowest BCUT2D eigenvalue weighted by atomic mass is 9.97. The SMILES string of the molecule is c1ccc(-c2ccc(-n3c4ccccc4c4ccc(-c5ccc6ccc7c(c6c5)c5ccccc5n7-c5ccccc5)cc43)cc2)cc1. The van der Waals surface area contributed by atoms with Crippen LogP contribution < -0.4 is 0 Å². The molecule has 8 aromatic carbocycles. The van der Waals surface area contributed by atoms with E-state index in [1.54, 1.807) is 0 Å². The first-order chi connectivity index (χ1) is 23.8. The fourth-order valence-corrected chi connectivity index (χ4v) is 7.68. The Balaban J connectivity index is 1.18. The fourth-order valence-electron chi connectivity index (χ4n) is 7.68. The molecule has 0 spiro atoms. The summed E-state index contributed by atoms with van der Waals surface area (Å²) in [5.74, 6) is 0. The molecule has 48 heavy (non-hydrogen) atoms. The van der Waals surface area contributed by atoms with Crippen molar-refractivity contribution in [3.05, 3.63) is 182 Å². The molecule has 224 valence electrons. The normalized spacial score (nSPS) is 11.8. The van der Waals surface area contributed by atoms with Gasteiger partial charge in [0.1, 0.15) is 0 Å². The maximum Gasteiger partial charge on any atom is 0.0547 e. The molecule has 2 heteroatoms. The number of benzene rings is 8. The molecule has 0 unspecified atom stereocenters. The highest BCUT2D eigenvalue weighted by Crippen LogP contribution is 2.40. The molecule has 0 atom stereocenters. The maximum absolute atomic E-state index is 2.41. The number of hydrogen-bond donors (Lipinski definition) is 0. The zero-order valence-corrected chi connectivity index (χ0v) is 26.2. The van der Waals surface area contributed by atoms with Gasteiger partial charge in [0.15, 0.2) is 0 Å². The van der Waals surface area contributed by atoms with Gasteiger partial charge in [-0.25, -0.2) is 0 Å². The van der Waals surface area contributed by atoms with E-state index < -0.39 is 0 Å². The number of nitrogens with zero attached hydrogens (tertiary/aromatic N) is 2. The van der Waals surface area contributed by atoms with E-state index in [0.717, 1.165) is 5.69 Å². The summed E-state index contributed by atoms with van der Waals surface area (Å²) in [7, 11) is 0. The van der Waals surface area contributed by atoms with E-state index in [9.17, 15) is 0 Å². The topological polar surface area (TPSA) is 9.86 Å². The summed E-state index contributed by atoms with van der Waals surface area (Å²) >= 11 is 0. The highest BCUT2D eigenvalue weighted by atomic mass is 15.0. The third kappa shape index (κ3) is 4.06. The summed E-state index contributed by atoms with van der Waals surface area (Å²) < 4.78 is 4.81. The zero-order valence-electron chi connectivity index (χ0n) is 26.2. The molecule has 0 radical (unpaired) electrons. The van der Waals surface area contributed by atoms with Gasteiger partial charge in [0.25, 0.3) is 0 Å². The van der Waals surface area contributed by atoms with Crippen LogP contribution in [0.15, 0.2) is 182 Å². The molecule has 0 aliphatic heterocycles. The molecule has 2 nitrogen and oxygen atoms in total. The molecule has 0 N–H and O–H groups in total. The van der Waals surface area contributed by atoms with E-state index >= 15 is 0 Å². The van der Waals surface area contributed by atoms with Gasteiger partial charge in [0.2, 0.25) is 0 Å². The van der Waals surface area contributed by atoms with Crippen LogP contribution in [0, 0.1) is 0 Å². The fraction of sp³-hybridized carbons (Fsp3) is 0. The van der Waals surface area contributed by atoms with Crippen LogP contribution in [0.25, 0.3) is 88.0 Å². The van der Waals surface area contributed by atoms with Gasteiger partial charge in [-0.1, -0.05) is 127 Å². The van der Waals surface area contributed by atoms with Crippen LogP contribution in [0.3, 0.4) is 0 Å². The predicted molar refractivity (Wildman–Crippen MR) is 203 cm³/mol. The van der Waals surface area contributed by atoms with Crippen molar-refractivity contribution >= 4 is 54.4 Å². The summed E-state index contributed by atoms with van der Waals surface area (Å²) in [6.07, 6.45) is 0. The number of hydrogen-bond acceptors (Lipinski definition) is 0. The van der Waals surface area contributed by atoms with Crippen LogP contribution in [0.1, 0.15) is 0 Å². The van der Waals surface area contributed by atoms with Gasteiger partial charge in [-0.2, -0.15) is 0 Å². The monoisotopic (exact) mass is 610 g/mol. The molecule has 0 saturated carbocycles. The average molecular weight is 611 g/mol. The highest BCUT2D eigenvalue weighted by molar-refractivity contribution is 6.22. The van der Waals surface area contributed by atoms with E-state index in [0.29, 0.717) is 0 Å². The molecule has 2 heterocycles. The first kappa shape index (κ1) is 26.8. The number of fused-ring (bicyclic) bond motifs is 8. The standard InChI is InChI=1S/C46H30N2/c1-3-11-31(12-4-1)32-21-25-37(26-22-32)48-42-17-9-7-15-38(42)39-27-23-35(30-45(39)48)34-20-19-33-24-28-44-46(41(33)29-34)40-16-8-10-18-43(40)47(44)36-13-5-2-6-14-36/h1-30H. The van der Waals surface area contributed by atoms with Gasteiger partial charge < -0.3 is 9.13 Å². The summed E-state index contributed by atoms with van der Waals surface area (Å²) in [5, 5.41) is 7.61. The Bertz CT molecular complexity index is 2800. The minimum atomic E-state index is 1.16. The van der Waals surface area contributed by atoms with Gasteiger partial charge in [-0.15, -0.1) is 0 Å². The van der Waals surface area contributed by atoms with Crippen molar-refractivity contribution in [2.24, 2.45) is 0 Å². The third-order valence-corrected chi connectivity index (χ3v) is 9.91. The molecule has 10 aromatic rings. The van der Waals surface area contributed by atoms with E-state index in [-0.39, 0.29) is 0 Å². The van der Waals surface area contributed by atoms with Crippen molar-refractivity contribution in [3.8, 4) is 33.6 Å². The first-order valence-electron chi connectivity index (χ1n) is 16.5. The number of rotatable bonds is 4. The van der Waals surface area contributed by atoms with E-state index in [1.165, 1.54) is 82.3 Å². The molecule has 0 saturated heterocycles. The summed E-state index contributed by atoms with van der Waals surface area (Å²) in [6, 6.07) is 66.2. The molecule has 0 aliphatic rings. The molecule has 10 rings (SSSR count). The van der Waals surface area contributed by atoms with Gasteiger partial charge in [0, 0.05) is 32.9 Å². The largest absolute Gasteiger partial charge is 0.309 e. The molecule has 2 aromatic heterocycles. The Morgan fingerprint density at radius 1 is 0.271 bits per heavy atom. The van der Waals surface area contributed by atoms with Crippen LogP contribution in [-0.4, -0.2) is 9.13 Å². The lowest BCUT2D eigenvalue weighted by Gasteiger charge is -2.11. The number of aromatic nitrogens is 2. The van der Waals surface area contributed by atoms with Crippen molar-refractivity contribution in [2.75, 3.05) is 0 Å². The second-order valence-electron chi connectivity index (χ2n) is 12.6. The second-order valence-corrected chi connectivity index (χ2v) is 12.6. The van der Waals surface area contributed by atoms with Crippen LogP contribution in [-0.2, 0) is 0 Å². The molecule has 0 bridgehead atoms. The zero-order chi connectivity index (χ0) is 31.6. The highest BCUT2D eigenvalue weighted by Gasteiger charge is 2.17. The first-order valence-corrected chi connectivity index (χ1v) is 16.5. The van der Waals surface area contributed by atoms with Gasteiger partial charge in [0.05, 0.1) is 22.1 Å². The van der Waals surface area contributed by atoms with Gasteiger partial charge >= 0.3 is 0 Å². The molecule has 0 amide bonds. The Kier molecular flexibility index (Phi) is 5.91. The summed E-state index contributed by atoms with van der Waals surface area (Å²) in [6.45, 7) is 0. The van der Waals surface area contributed by atoms with Crippen molar-refractivity contribution in [1.29, 1.82) is 0 Å². The van der Waals surface area contributed by atoms with Crippen LogP contribution in [0.4, 0.5) is 0 Å². The molecular formula is C46H30N2.